The fourth-order valence-electron chi connectivity index (χ4n) is 0.606. The second-order valence-electron chi connectivity index (χ2n) is 2.20. The molecule has 0 saturated carbocycles. The molecule has 2 heteroatoms. The van der Waals surface area contributed by atoms with Crippen LogP contribution in [0.2, 0.25) is 0 Å². The SMILES string of the molecule is COCCC/C=C(/C)C=O. The van der Waals surface area contributed by atoms with Gasteiger partial charge in [-0.1, -0.05) is 6.08 Å². The Morgan fingerprint density at radius 3 is 2.80 bits per heavy atom. The predicted molar refractivity (Wildman–Crippen MR) is 40.9 cm³/mol. The molecule has 0 radical (unpaired) electrons. The topological polar surface area (TPSA) is 26.3 Å². The summed E-state index contributed by atoms with van der Waals surface area (Å²) < 4.78 is 4.84. The number of rotatable bonds is 5. The first-order valence-corrected chi connectivity index (χ1v) is 3.42. The van der Waals surface area contributed by atoms with Crippen molar-refractivity contribution in [3.8, 4) is 0 Å². The van der Waals surface area contributed by atoms with Crippen LogP contribution in [0.4, 0.5) is 0 Å². The standard InChI is InChI=1S/C8H14O2/c1-8(7-9)5-3-4-6-10-2/h5,7H,3-4,6H2,1-2H3/b8-5-. The number of carbonyl (C=O) groups is 1. The fraction of sp³-hybridized carbons (Fsp3) is 0.625. The highest BCUT2D eigenvalue weighted by molar-refractivity contribution is 5.71. The largest absolute Gasteiger partial charge is 0.385 e. The summed E-state index contributed by atoms with van der Waals surface area (Å²) in [6, 6.07) is 0. The molecule has 0 rings (SSSR count). The van der Waals surface area contributed by atoms with Crippen molar-refractivity contribution in [1.29, 1.82) is 0 Å². The summed E-state index contributed by atoms with van der Waals surface area (Å²) in [4.78, 5) is 10.1. The molecule has 0 fully saturated rings. The van der Waals surface area contributed by atoms with E-state index in [2.05, 4.69) is 0 Å². The average molecular weight is 142 g/mol. The number of aldehydes is 1. The Morgan fingerprint density at radius 2 is 2.30 bits per heavy atom. The van der Waals surface area contributed by atoms with E-state index in [9.17, 15) is 4.79 Å². The summed E-state index contributed by atoms with van der Waals surface area (Å²) in [5.74, 6) is 0. The molecule has 0 aliphatic carbocycles. The molecule has 0 saturated heterocycles. The Labute approximate surface area is 61.9 Å². The Hall–Kier alpha value is -0.630. The van der Waals surface area contributed by atoms with E-state index in [1.54, 1.807) is 14.0 Å². The van der Waals surface area contributed by atoms with Gasteiger partial charge in [0, 0.05) is 13.7 Å². The lowest BCUT2D eigenvalue weighted by molar-refractivity contribution is -0.104. The van der Waals surface area contributed by atoms with Gasteiger partial charge in [0.25, 0.3) is 0 Å². The number of hydrogen-bond acceptors (Lipinski definition) is 2. The molecule has 0 spiro atoms. The van der Waals surface area contributed by atoms with E-state index in [0.29, 0.717) is 0 Å². The summed E-state index contributed by atoms with van der Waals surface area (Å²) in [6.45, 7) is 2.57. The number of carbonyl (C=O) groups excluding carboxylic acids is 1. The van der Waals surface area contributed by atoms with Gasteiger partial charge in [0.1, 0.15) is 6.29 Å². The molecule has 0 aromatic rings. The molecule has 0 aromatic heterocycles. The van der Waals surface area contributed by atoms with Crippen molar-refractivity contribution in [1.82, 2.24) is 0 Å². The summed E-state index contributed by atoms with van der Waals surface area (Å²) in [6.07, 6.45) is 4.71. The van der Waals surface area contributed by atoms with Crippen molar-refractivity contribution in [3.63, 3.8) is 0 Å². The van der Waals surface area contributed by atoms with Crippen molar-refractivity contribution in [2.45, 2.75) is 19.8 Å². The zero-order valence-corrected chi connectivity index (χ0v) is 6.59. The average Bonchev–Trinajstić information content (AvgIpc) is 1.98. The van der Waals surface area contributed by atoms with Gasteiger partial charge in [0.15, 0.2) is 0 Å². The highest BCUT2D eigenvalue weighted by Crippen LogP contribution is 1.95. The molecule has 2 nitrogen and oxygen atoms in total. The van der Waals surface area contributed by atoms with Crippen LogP contribution in [0, 0.1) is 0 Å². The van der Waals surface area contributed by atoms with E-state index < -0.39 is 0 Å². The molecule has 58 valence electrons. The van der Waals surface area contributed by atoms with E-state index in [1.165, 1.54) is 0 Å². The smallest absolute Gasteiger partial charge is 0.145 e. The molecule has 0 N–H and O–H groups in total. The van der Waals surface area contributed by atoms with Crippen LogP contribution in [0.3, 0.4) is 0 Å². The molecule has 0 aromatic carbocycles. The van der Waals surface area contributed by atoms with Gasteiger partial charge in [-0.15, -0.1) is 0 Å². The number of ether oxygens (including phenoxy) is 1. The van der Waals surface area contributed by atoms with E-state index in [-0.39, 0.29) is 0 Å². The lowest BCUT2D eigenvalue weighted by Gasteiger charge is -1.93. The van der Waals surface area contributed by atoms with Crippen molar-refractivity contribution in [2.75, 3.05) is 13.7 Å². The van der Waals surface area contributed by atoms with Crippen LogP contribution in [0.15, 0.2) is 11.6 Å². The van der Waals surface area contributed by atoms with Crippen LogP contribution in [-0.2, 0) is 9.53 Å². The highest BCUT2D eigenvalue weighted by Gasteiger charge is 1.84. The van der Waals surface area contributed by atoms with E-state index in [1.807, 2.05) is 6.08 Å². The highest BCUT2D eigenvalue weighted by atomic mass is 16.5. The lowest BCUT2D eigenvalue weighted by Crippen LogP contribution is -1.86. The van der Waals surface area contributed by atoms with E-state index >= 15 is 0 Å². The zero-order chi connectivity index (χ0) is 7.82. The molecule has 0 unspecified atom stereocenters. The molecule has 10 heavy (non-hydrogen) atoms. The normalized spacial score (nSPS) is 11.6. The molecule has 0 heterocycles. The molecule has 0 bridgehead atoms. The number of allylic oxidation sites excluding steroid dienone is 2. The maximum atomic E-state index is 10.1. The first kappa shape index (κ1) is 9.37. The number of methoxy groups -OCH3 is 1. The second-order valence-corrected chi connectivity index (χ2v) is 2.20. The summed E-state index contributed by atoms with van der Waals surface area (Å²) >= 11 is 0. The van der Waals surface area contributed by atoms with Gasteiger partial charge in [-0.25, -0.2) is 0 Å². The molecule has 0 atom stereocenters. The number of unbranched alkanes of at least 4 members (excludes halogenated alkanes) is 1. The van der Waals surface area contributed by atoms with Crippen molar-refractivity contribution in [3.05, 3.63) is 11.6 Å². The van der Waals surface area contributed by atoms with E-state index in [4.69, 9.17) is 4.74 Å². The quantitative estimate of drug-likeness (QED) is 0.331. The molecular formula is C8H14O2. The van der Waals surface area contributed by atoms with Gasteiger partial charge in [-0.3, -0.25) is 4.79 Å². The van der Waals surface area contributed by atoms with Gasteiger partial charge in [0.2, 0.25) is 0 Å². The van der Waals surface area contributed by atoms with Crippen LogP contribution in [0.1, 0.15) is 19.8 Å². The van der Waals surface area contributed by atoms with Crippen molar-refractivity contribution >= 4 is 6.29 Å². The maximum absolute atomic E-state index is 10.1. The maximum Gasteiger partial charge on any atom is 0.145 e. The third-order valence-corrected chi connectivity index (χ3v) is 1.20. The van der Waals surface area contributed by atoms with Crippen LogP contribution in [0.5, 0.6) is 0 Å². The zero-order valence-electron chi connectivity index (χ0n) is 6.59. The molecule has 0 aliphatic heterocycles. The minimum absolute atomic E-state index is 0.767. The second kappa shape index (κ2) is 6.49. The Kier molecular flexibility index (Phi) is 6.08. The van der Waals surface area contributed by atoms with Crippen LogP contribution in [-0.4, -0.2) is 20.0 Å². The minimum Gasteiger partial charge on any atom is -0.385 e. The molecule has 0 amide bonds. The summed E-state index contributed by atoms with van der Waals surface area (Å²) in [5.41, 5.74) is 0.802. The number of hydrogen-bond donors (Lipinski definition) is 0. The van der Waals surface area contributed by atoms with Gasteiger partial charge in [0.05, 0.1) is 0 Å². The van der Waals surface area contributed by atoms with Gasteiger partial charge >= 0.3 is 0 Å². The summed E-state index contributed by atoms with van der Waals surface area (Å²) in [5, 5.41) is 0. The minimum atomic E-state index is 0.767. The Morgan fingerprint density at radius 1 is 1.60 bits per heavy atom. The Balaban J connectivity index is 3.24. The third kappa shape index (κ3) is 5.51. The van der Waals surface area contributed by atoms with Crippen LogP contribution in [0.25, 0.3) is 0 Å². The van der Waals surface area contributed by atoms with E-state index in [0.717, 1.165) is 31.3 Å². The summed E-state index contributed by atoms with van der Waals surface area (Å²) in [7, 11) is 1.68. The molecular weight excluding hydrogens is 128 g/mol. The van der Waals surface area contributed by atoms with Gasteiger partial charge in [-0.05, 0) is 25.3 Å². The third-order valence-electron chi connectivity index (χ3n) is 1.20. The predicted octanol–water partition coefficient (Wildman–Crippen LogP) is 1.56. The van der Waals surface area contributed by atoms with Crippen molar-refractivity contribution in [2.24, 2.45) is 0 Å². The lowest BCUT2D eigenvalue weighted by atomic mass is 10.2. The van der Waals surface area contributed by atoms with Crippen LogP contribution >= 0.6 is 0 Å². The Bertz CT molecular complexity index is 116. The van der Waals surface area contributed by atoms with Gasteiger partial charge in [-0.2, -0.15) is 0 Å². The first-order chi connectivity index (χ1) is 4.81. The fourth-order valence-corrected chi connectivity index (χ4v) is 0.606. The molecule has 0 aliphatic rings. The first-order valence-electron chi connectivity index (χ1n) is 3.42. The monoisotopic (exact) mass is 142 g/mol. The van der Waals surface area contributed by atoms with Crippen LogP contribution < -0.4 is 0 Å². The van der Waals surface area contributed by atoms with Crippen molar-refractivity contribution < 1.29 is 9.53 Å². The van der Waals surface area contributed by atoms with Gasteiger partial charge < -0.3 is 4.74 Å².